The predicted molar refractivity (Wildman–Crippen MR) is 95.6 cm³/mol. The number of carbonyl (C=O) groups excluding carboxylic acids is 1. The summed E-state index contributed by atoms with van der Waals surface area (Å²) in [7, 11) is 4.11. The molecule has 5 nitrogen and oxygen atoms in total. The lowest BCUT2D eigenvalue weighted by Crippen LogP contribution is -2.32. The quantitative estimate of drug-likeness (QED) is 0.833. The van der Waals surface area contributed by atoms with Crippen molar-refractivity contribution in [2.45, 2.75) is 38.6 Å². The molecule has 1 aromatic carbocycles. The van der Waals surface area contributed by atoms with Gasteiger partial charge in [-0.05, 0) is 52.1 Å². The Hall–Kier alpha value is -1.80. The molecule has 8 heteroatoms. The van der Waals surface area contributed by atoms with E-state index in [0.29, 0.717) is 11.7 Å². The molecule has 1 aliphatic heterocycles. The van der Waals surface area contributed by atoms with E-state index in [9.17, 15) is 18.0 Å². The number of likely N-dealkylation sites (N-methyl/N-ethyl adjacent to an activating group) is 1. The molecular formula is C18H26F3N3O2. The molecule has 0 aliphatic carbocycles. The first kappa shape index (κ1) is 20.5. The van der Waals surface area contributed by atoms with Gasteiger partial charge in [-0.15, -0.1) is 0 Å². The number of benzene rings is 1. The molecule has 1 heterocycles. The summed E-state index contributed by atoms with van der Waals surface area (Å²) in [5.41, 5.74) is 2.66. The second kappa shape index (κ2) is 8.26. The van der Waals surface area contributed by atoms with Crippen LogP contribution in [0.5, 0.6) is 0 Å². The highest BCUT2D eigenvalue weighted by Gasteiger charge is 2.30. The molecular weight excluding hydrogens is 347 g/mol. The molecule has 0 bridgehead atoms. The molecule has 1 saturated heterocycles. The summed E-state index contributed by atoms with van der Waals surface area (Å²) in [6, 6.07) is 5.98. The van der Waals surface area contributed by atoms with Crippen LogP contribution < -0.4 is 10.2 Å². The maximum Gasteiger partial charge on any atom is 0.411 e. The largest absolute Gasteiger partial charge is 0.411 e. The number of hydrogen-bond acceptors (Lipinski definition) is 4. The zero-order valence-electron chi connectivity index (χ0n) is 15.6. The predicted octanol–water partition coefficient (Wildman–Crippen LogP) is 3.04. The van der Waals surface area contributed by atoms with Crippen molar-refractivity contribution in [3.05, 3.63) is 23.8 Å². The summed E-state index contributed by atoms with van der Waals surface area (Å²) in [6.45, 7) is 3.68. The highest BCUT2D eigenvalue weighted by Crippen LogP contribution is 2.28. The standard InChI is InChI=1S/C18H26F3N3O2/c1-12-5-6-14(22-17(25)13(2)26-11-18(19,20)21)9-16(12)24-8-7-15(10-24)23(3)4/h5-6,9,13,15H,7-8,10-11H2,1-4H3,(H,22,25)/t13-,15-/m1/s1. The zero-order valence-corrected chi connectivity index (χ0v) is 15.6. The second-order valence-corrected chi connectivity index (χ2v) is 6.91. The van der Waals surface area contributed by atoms with Crippen molar-refractivity contribution in [1.29, 1.82) is 0 Å². The van der Waals surface area contributed by atoms with Crippen LogP contribution in [0.15, 0.2) is 18.2 Å². The Kier molecular flexibility index (Phi) is 6.52. The van der Waals surface area contributed by atoms with Gasteiger partial charge in [0.1, 0.15) is 12.7 Å². The van der Waals surface area contributed by atoms with Crippen LogP contribution in [0.3, 0.4) is 0 Å². The number of amides is 1. The Morgan fingerprint density at radius 1 is 1.42 bits per heavy atom. The van der Waals surface area contributed by atoms with Gasteiger partial charge in [0.05, 0.1) is 0 Å². The smallest absolute Gasteiger partial charge is 0.370 e. The van der Waals surface area contributed by atoms with Gasteiger partial charge < -0.3 is 19.9 Å². The van der Waals surface area contributed by atoms with Crippen molar-refractivity contribution in [3.63, 3.8) is 0 Å². The van der Waals surface area contributed by atoms with E-state index < -0.39 is 24.8 Å². The molecule has 1 fully saturated rings. The van der Waals surface area contributed by atoms with Crippen LogP contribution in [0, 0.1) is 6.92 Å². The highest BCUT2D eigenvalue weighted by atomic mass is 19.4. The van der Waals surface area contributed by atoms with Crippen LogP contribution in [0.4, 0.5) is 24.5 Å². The van der Waals surface area contributed by atoms with Crippen molar-refractivity contribution in [3.8, 4) is 0 Å². The van der Waals surface area contributed by atoms with Crippen molar-refractivity contribution in [2.24, 2.45) is 0 Å². The maximum absolute atomic E-state index is 12.2. The molecule has 0 saturated carbocycles. The van der Waals surface area contributed by atoms with Crippen LogP contribution >= 0.6 is 0 Å². The SMILES string of the molecule is Cc1ccc(NC(=O)[C@@H](C)OCC(F)(F)F)cc1N1CC[C@@H](N(C)C)C1. The molecule has 0 spiro atoms. The van der Waals surface area contributed by atoms with Gasteiger partial charge >= 0.3 is 6.18 Å². The van der Waals surface area contributed by atoms with Gasteiger partial charge in [0, 0.05) is 30.5 Å². The van der Waals surface area contributed by atoms with Gasteiger partial charge in [0.25, 0.3) is 5.91 Å². The lowest BCUT2D eigenvalue weighted by atomic mass is 10.1. The Morgan fingerprint density at radius 2 is 2.12 bits per heavy atom. The number of alkyl halides is 3. The van der Waals surface area contributed by atoms with Gasteiger partial charge in [-0.2, -0.15) is 13.2 Å². The van der Waals surface area contributed by atoms with Crippen LogP contribution in [-0.4, -0.2) is 62.9 Å². The molecule has 1 aliphatic rings. The number of anilines is 2. The fraction of sp³-hybridized carbons (Fsp3) is 0.611. The monoisotopic (exact) mass is 373 g/mol. The minimum atomic E-state index is -4.45. The molecule has 2 rings (SSSR count). The van der Waals surface area contributed by atoms with Crippen LogP contribution in [0.2, 0.25) is 0 Å². The van der Waals surface area contributed by atoms with E-state index in [4.69, 9.17) is 0 Å². The molecule has 1 amide bonds. The first-order valence-electron chi connectivity index (χ1n) is 8.58. The molecule has 146 valence electrons. The lowest BCUT2D eigenvalue weighted by Gasteiger charge is -2.24. The van der Waals surface area contributed by atoms with E-state index in [0.717, 1.165) is 30.8 Å². The molecule has 0 unspecified atom stereocenters. The number of hydrogen-bond donors (Lipinski definition) is 1. The van der Waals surface area contributed by atoms with Crippen molar-refractivity contribution in [2.75, 3.05) is 44.0 Å². The van der Waals surface area contributed by atoms with Crippen LogP contribution in [-0.2, 0) is 9.53 Å². The van der Waals surface area contributed by atoms with Crippen molar-refractivity contribution < 1.29 is 22.7 Å². The molecule has 1 aromatic rings. The molecule has 1 N–H and O–H groups in total. The zero-order chi connectivity index (χ0) is 19.5. The topological polar surface area (TPSA) is 44.8 Å². The van der Waals surface area contributed by atoms with Crippen molar-refractivity contribution in [1.82, 2.24) is 4.90 Å². The summed E-state index contributed by atoms with van der Waals surface area (Å²) in [4.78, 5) is 16.5. The first-order chi connectivity index (χ1) is 12.1. The number of aryl methyl sites for hydroxylation is 1. The van der Waals surface area contributed by atoms with Crippen LogP contribution in [0.1, 0.15) is 18.9 Å². The summed E-state index contributed by atoms with van der Waals surface area (Å²) < 4.78 is 41.2. The summed E-state index contributed by atoms with van der Waals surface area (Å²) in [6.07, 6.45) is -4.58. The van der Waals surface area contributed by atoms with Crippen molar-refractivity contribution >= 4 is 17.3 Å². The Labute approximate surface area is 152 Å². The number of halogens is 3. The minimum absolute atomic E-state index is 0.475. The maximum atomic E-state index is 12.2. The highest BCUT2D eigenvalue weighted by molar-refractivity contribution is 5.94. The van der Waals surface area contributed by atoms with Gasteiger partial charge in [-0.25, -0.2) is 0 Å². The summed E-state index contributed by atoms with van der Waals surface area (Å²) >= 11 is 0. The van der Waals surface area contributed by atoms with Crippen LogP contribution in [0.25, 0.3) is 0 Å². The number of nitrogens with zero attached hydrogens (tertiary/aromatic N) is 2. The van der Waals surface area contributed by atoms with Gasteiger partial charge in [0.15, 0.2) is 0 Å². The average molecular weight is 373 g/mol. The first-order valence-corrected chi connectivity index (χ1v) is 8.58. The summed E-state index contributed by atoms with van der Waals surface area (Å²) in [5, 5.41) is 2.63. The summed E-state index contributed by atoms with van der Waals surface area (Å²) in [5.74, 6) is -0.600. The third-order valence-corrected chi connectivity index (χ3v) is 4.58. The van der Waals surface area contributed by atoms with E-state index in [1.54, 1.807) is 6.07 Å². The van der Waals surface area contributed by atoms with Gasteiger partial charge in [0.2, 0.25) is 0 Å². The second-order valence-electron chi connectivity index (χ2n) is 6.91. The average Bonchev–Trinajstić information content (AvgIpc) is 3.03. The number of ether oxygens (including phenoxy) is 1. The van der Waals surface area contributed by atoms with E-state index in [1.165, 1.54) is 6.92 Å². The fourth-order valence-electron chi connectivity index (χ4n) is 2.95. The Bertz CT molecular complexity index is 635. The normalized spacial score (nSPS) is 19.1. The van der Waals surface area contributed by atoms with Gasteiger partial charge in [-0.3, -0.25) is 4.79 Å². The molecule has 0 radical (unpaired) electrons. The number of carbonyl (C=O) groups is 1. The third kappa shape index (κ3) is 5.60. The Morgan fingerprint density at radius 3 is 2.69 bits per heavy atom. The van der Waals surface area contributed by atoms with E-state index >= 15 is 0 Å². The molecule has 2 atom stereocenters. The number of rotatable bonds is 6. The van der Waals surface area contributed by atoms with Gasteiger partial charge in [-0.1, -0.05) is 6.07 Å². The minimum Gasteiger partial charge on any atom is -0.370 e. The number of nitrogens with one attached hydrogen (secondary N) is 1. The lowest BCUT2D eigenvalue weighted by molar-refractivity contribution is -0.184. The molecule has 0 aromatic heterocycles. The van der Waals surface area contributed by atoms with E-state index in [1.807, 2.05) is 19.1 Å². The van der Waals surface area contributed by atoms with E-state index in [2.05, 4.69) is 33.9 Å². The molecule has 26 heavy (non-hydrogen) atoms. The van der Waals surface area contributed by atoms with E-state index in [-0.39, 0.29) is 0 Å². The fourth-order valence-corrected chi connectivity index (χ4v) is 2.95. The Balaban J connectivity index is 2.02. The third-order valence-electron chi connectivity index (χ3n) is 4.58.